The van der Waals surface area contributed by atoms with Gasteiger partial charge in [-0.3, -0.25) is 9.80 Å². The molecule has 5 heteroatoms. The molecule has 0 radical (unpaired) electrons. The minimum absolute atomic E-state index is 0.0684. The van der Waals surface area contributed by atoms with Gasteiger partial charge in [-0.1, -0.05) is 26.2 Å². The highest BCUT2D eigenvalue weighted by Crippen LogP contribution is 2.19. The molecule has 0 atom stereocenters. The Morgan fingerprint density at radius 2 is 2.00 bits per heavy atom. The molecule has 0 aliphatic rings. The Morgan fingerprint density at radius 3 is 2.33 bits per heavy atom. The van der Waals surface area contributed by atoms with Gasteiger partial charge in [0.25, 0.3) is 5.91 Å². The lowest BCUT2D eigenvalue weighted by atomic mass is 9.88. The van der Waals surface area contributed by atoms with Crippen LogP contribution in [0.15, 0.2) is 23.2 Å². The minimum atomic E-state index is -0.442. The summed E-state index contributed by atoms with van der Waals surface area (Å²) in [5, 5.41) is 10.1. The van der Waals surface area contributed by atoms with Gasteiger partial charge in [-0.25, -0.2) is 5.84 Å². The quantitative estimate of drug-likeness (QED) is 0.154. The monoisotopic (exact) mass is 247 g/mol. The zero-order valence-electron chi connectivity index (χ0n) is 12.0. The largest absolute Gasteiger partial charge is 0.278 e. The Bertz CT molecular complexity index is 413. The summed E-state index contributed by atoms with van der Waals surface area (Å²) in [6.45, 7) is 12.1. The summed E-state index contributed by atoms with van der Waals surface area (Å²) in [5.74, 6) is 5.27. The van der Waals surface area contributed by atoms with E-state index in [-0.39, 0.29) is 11.0 Å². The second-order valence-electron chi connectivity index (χ2n) is 5.70. The summed E-state index contributed by atoms with van der Waals surface area (Å²) in [7, 11) is 1.76. The third-order valence-electron chi connectivity index (χ3n) is 2.70. The van der Waals surface area contributed by atoms with Crippen molar-refractivity contribution < 1.29 is 4.79 Å². The van der Waals surface area contributed by atoms with Crippen LogP contribution in [0.1, 0.15) is 34.1 Å². The van der Waals surface area contributed by atoms with Gasteiger partial charge in [0.15, 0.2) is 0 Å². The Kier molecular flexibility index (Phi) is 5.86. The summed E-state index contributed by atoms with van der Waals surface area (Å²) in [6, 6.07) is 1.91. The summed E-state index contributed by atoms with van der Waals surface area (Å²) in [6.07, 6.45) is 0.778. The molecule has 0 rings (SSSR count). The maximum atomic E-state index is 12.0. The SMILES string of the molecule is BC(=C)/C(C)=C(/C#N)C(=O)N(N)CCC(C)(C)C. The molecule has 0 aliphatic carbocycles. The zero-order chi connectivity index (χ0) is 14.5. The number of nitriles is 1. The van der Waals surface area contributed by atoms with Crippen molar-refractivity contribution in [2.24, 2.45) is 11.3 Å². The number of nitrogens with zero attached hydrogens (tertiary/aromatic N) is 2. The van der Waals surface area contributed by atoms with Crippen LogP contribution in [0.5, 0.6) is 0 Å². The number of hydrazine groups is 1. The average Bonchev–Trinajstić information content (AvgIpc) is 2.25. The van der Waals surface area contributed by atoms with Crippen LogP contribution < -0.4 is 5.84 Å². The van der Waals surface area contributed by atoms with Crippen molar-refractivity contribution in [3.8, 4) is 6.07 Å². The molecule has 0 fully saturated rings. The summed E-state index contributed by atoms with van der Waals surface area (Å²) in [4.78, 5) is 12.0. The molecular weight excluding hydrogens is 225 g/mol. The second-order valence-corrected chi connectivity index (χ2v) is 5.70. The molecular formula is C13H22BN3O. The Hall–Kier alpha value is -1.54. The third kappa shape index (κ3) is 5.20. The fourth-order valence-corrected chi connectivity index (χ4v) is 1.21. The first-order valence-electron chi connectivity index (χ1n) is 5.93. The average molecular weight is 247 g/mol. The van der Waals surface area contributed by atoms with E-state index in [1.54, 1.807) is 14.8 Å². The van der Waals surface area contributed by atoms with Crippen LogP contribution >= 0.6 is 0 Å². The van der Waals surface area contributed by atoms with Crippen molar-refractivity contribution in [2.45, 2.75) is 34.1 Å². The van der Waals surface area contributed by atoms with Crippen LogP contribution in [0.3, 0.4) is 0 Å². The molecule has 0 saturated heterocycles. The van der Waals surface area contributed by atoms with Crippen LogP contribution in [0.2, 0.25) is 0 Å². The first-order chi connectivity index (χ1) is 8.10. The van der Waals surface area contributed by atoms with Crippen molar-refractivity contribution in [3.05, 3.63) is 23.2 Å². The van der Waals surface area contributed by atoms with E-state index in [0.29, 0.717) is 17.6 Å². The number of hydrogen-bond donors (Lipinski definition) is 1. The first kappa shape index (κ1) is 16.5. The minimum Gasteiger partial charge on any atom is -0.276 e. The molecule has 0 aromatic carbocycles. The van der Waals surface area contributed by atoms with Crippen LogP contribution in [0.4, 0.5) is 0 Å². The number of carbonyl (C=O) groups excluding carboxylic acids is 1. The zero-order valence-corrected chi connectivity index (χ0v) is 12.0. The van der Waals surface area contributed by atoms with E-state index in [4.69, 9.17) is 11.1 Å². The van der Waals surface area contributed by atoms with Gasteiger partial charge in [0, 0.05) is 6.54 Å². The Labute approximate surface area is 111 Å². The molecule has 98 valence electrons. The van der Waals surface area contributed by atoms with Crippen LogP contribution in [0, 0.1) is 16.7 Å². The van der Waals surface area contributed by atoms with Crippen LogP contribution in [-0.4, -0.2) is 25.3 Å². The molecule has 0 aromatic heterocycles. The molecule has 18 heavy (non-hydrogen) atoms. The number of rotatable bonds is 4. The van der Waals surface area contributed by atoms with E-state index in [1.165, 1.54) is 0 Å². The van der Waals surface area contributed by atoms with Gasteiger partial charge < -0.3 is 0 Å². The lowest BCUT2D eigenvalue weighted by Gasteiger charge is -2.23. The molecule has 0 bridgehead atoms. The number of amides is 1. The van der Waals surface area contributed by atoms with E-state index >= 15 is 0 Å². The molecule has 0 aliphatic heterocycles. The van der Waals surface area contributed by atoms with Crippen LogP contribution in [-0.2, 0) is 4.79 Å². The maximum Gasteiger partial charge on any atom is 0.278 e. The van der Waals surface area contributed by atoms with Gasteiger partial charge in [-0.15, -0.1) is 6.58 Å². The van der Waals surface area contributed by atoms with Gasteiger partial charge in [-0.05, 0) is 24.3 Å². The molecule has 0 saturated carbocycles. The van der Waals surface area contributed by atoms with E-state index in [0.717, 1.165) is 11.4 Å². The predicted octanol–water partition coefficient (Wildman–Crippen LogP) is 1.11. The fraction of sp³-hybridized carbons (Fsp3) is 0.538. The highest BCUT2D eigenvalue weighted by Gasteiger charge is 2.20. The third-order valence-corrected chi connectivity index (χ3v) is 2.70. The standard InChI is InChI=1S/C13H22BN3O/c1-9(10(2)14)11(8-15)12(18)17(16)7-6-13(3,4)5/h2,6-7,14,16H2,1,3-5H3/b11-9-. The van der Waals surface area contributed by atoms with Crippen molar-refractivity contribution in [2.75, 3.05) is 6.54 Å². The van der Waals surface area contributed by atoms with Crippen molar-refractivity contribution >= 4 is 13.8 Å². The highest BCUT2D eigenvalue weighted by molar-refractivity contribution is 6.24. The second kappa shape index (κ2) is 6.41. The smallest absolute Gasteiger partial charge is 0.276 e. The van der Waals surface area contributed by atoms with Gasteiger partial charge in [0.1, 0.15) is 19.5 Å². The van der Waals surface area contributed by atoms with Crippen molar-refractivity contribution in [3.63, 3.8) is 0 Å². The molecule has 1 amide bonds. The van der Waals surface area contributed by atoms with Gasteiger partial charge in [0.05, 0.1) is 0 Å². The van der Waals surface area contributed by atoms with E-state index in [2.05, 4.69) is 27.4 Å². The Morgan fingerprint density at radius 1 is 1.50 bits per heavy atom. The molecule has 0 aromatic rings. The number of carbonyl (C=O) groups is 1. The molecule has 0 spiro atoms. The van der Waals surface area contributed by atoms with Gasteiger partial charge in [0.2, 0.25) is 0 Å². The number of nitrogens with two attached hydrogens (primary N) is 1. The molecule has 4 nitrogen and oxygen atoms in total. The van der Waals surface area contributed by atoms with E-state index < -0.39 is 5.91 Å². The van der Waals surface area contributed by atoms with Crippen molar-refractivity contribution in [1.29, 1.82) is 5.26 Å². The normalized spacial score (nSPS) is 12.4. The number of hydrogen-bond acceptors (Lipinski definition) is 3. The molecule has 0 unspecified atom stereocenters. The van der Waals surface area contributed by atoms with Gasteiger partial charge in [-0.2, -0.15) is 5.26 Å². The van der Waals surface area contributed by atoms with E-state index in [9.17, 15) is 4.79 Å². The van der Waals surface area contributed by atoms with Crippen molar-refractivity contribution in [1.82, 2.24) is 5.01 Å². The highest BCUT2D eigenvalue weighted by atomic mass is 16.2. The molecule has 2 N–H and O–H groups in total. The summed E-state index contributed by atoms with van der Waals surface area (Å²) >= 11 is 0. The summed E-state index contributed by atoms with van der Waals surface area (Å²) < 4.78 is 0. The Balaban J connectivity index is 4.89. The van der Waals surface area contributed by atoms with Gasteiger partial charge >= 0.3 is 0 Å². The first-order valence-corrected chi connectivity index (χ1v) is 5.93. The maximum absolute atomic E-state index is 12.0. The van der Waals surface area contributed by atoms with Crippen LogP contribution in [0.25, 0.3) is 0 Å². The topological polar surface area (TPSA) is 70.1 Å². The summed E-state index contributed by atoms with van der Waals surface area (Å²) in [5.41, 5.74) is 1.45. The predicted molar refractivity (Wildman–Crippen MR) is 76.0 cm³/mol. The lowest BCUT2D eigenvalue weighted by molar-refractivity contribution is -0.127. The fourth-order valence-electron chi connectivity index (χ4n) is 1.21. The molecule has 0 heterocycles. The lowest BCUT2D eigenvalue weighted by Crippen LogP contribution is -2.40. The van der Waals surface area contributed by atoms with E-state index in [1.807, 2.05) is 6.07 Å². The number of allylic oxidation sites excluding steroid dienone is 2.